The first kappa shape index (κ1) is 16.5. The van der Waals surface area contributed by atoms with Gasteiger partial charge in [-0.2, -0.15) is 0 Å². The average molecular weight is 360 g/mol. The van der Waals surface area contributed by atoms with Crippen LogP contribution in [0, 0.1) is 13.8 Å². The number of aromatic nitrogens is 3. The molecular weight excluding hydrogens is 336 g/mol. The number of benzene rings is 1. The van der Waals surface area contributed by atoms with E-state index in [0.717, 1.165) is 34.4 Å². The highest BCUT2D eigenvalue weighted by Gasteiger charge is 2.23. The molecule has 3 aromatic heterocycles. The first-order valence-electron chi connectivity index (χ1n) is 9.62. The number of hydrogen-bond acceptors (Lipinski definition) is 4. The van der Waals surface area contributed by atoms with Crippen molar-refractivity contribution >= 4 is 22.0 Å². The minimum atomic E-state index is 0.474. The summed E-state index contributed by atoms with van der Waals surface area (Å²) in [5, 5.41) is 11.6. The van der Waals surface area contributed by atoms with E-state index in [0.29, 0.717) is 6.04 Å². The number of furan rings is 1. The summed E-state index contributed by atoms with van der Waals surface area (Å²) in [4.78, 5) is 2.41. The molecule has 0 unspecified atom stereocenters. The molecule has 1 atom stereocenters. The monoisotopic (exact) mass is 360 g/mol. The Morgan fingerprint density at radius 2 is 2.04 bits per heavy atom. The Balaban J connectivity index is 1.64. The van der Waals surface area contributed by atoms with Gasteiger partial charge >= 0.3 is 0 Å². The molecule has 0 radical (unpaired) electrons. The summed E-state index contributed by atoms with van der Waals surface area (Å²) in [6.45, 7) is 6.60. The van der Waals surface area contributed by atoms with Crippen LogP contribution >= 0.6 is 0 Å². The lowest BCUT2D eigenvalue weighted by molar-refractivity contribution is 0.214. The van der Waals surface area contributed by atoms with Crippen LogP contribution in [0.1, 0.15) is 30.0 Å². The first-order valence-corrected chi connectivity index (χ1v) is 9.62. The van der Waals surface area contributed by atoms with Gasteiger partial charge in [-0.1, -0.05) is 0 Å². The SMILES string of the molecule is Cc1cn([C@@H]2CCCN(C)C2)c2nnc(-c3ccc4occc4c3)c(C)c12. The van der Waals surface area contributed by atoms with E-state index < -0.39 is 0 Å². The van der Waals surface area contributed by atoms with Gasteiger partial charge in [-0.05, 0) is 75.7 Å². The molecule has 0 amide bonds. The zero-order chi connectivity index (χ0) is 18.5. The summed E-state index contributed by atoms with van der Waals surface area (Å²) in [6, 6.07) is 8.66. The number of fused-ring (bicyclic) bond motifs is 2. The molecule has 1 aliphatic rings. The molecule has 5 rings (SSSR count). The maximum absolute atomic E-state index is 5.46. The summed E-state index contributed by atoms with van der Waals surface area (Å²) in [7, 11) is 2.20. The van der Waals surface area contributed by atoms with Crippen LogP contribution in [0.4, 0.5) is 0 Å². The van der Waals surface area contributed by atoms with Gasteiger partial charge < -0.3 is 13.9 Å². The van der Waals surface area contributed by atoms with Crippen molar-refractivity contribution in [1.82, 2.24) is 19.7 Å². The van der Waals surface area contributed by atoms with Gasteiger partial charge in [0.1, 0.15) is 5.58 Å². The molecule has 0 aliphatic carbocycles. The Labute approximate surface area is 158 Å². The van der Waals surface area contributed by atoms with Crippen LogP contribution in [0.2, 0.25) is 0 Å². The van der Waals surface area contributed by atoms with Gasteiger partial charge in [-0.25, -0.2) is 0 Å². The van der Waals surface area contributed by atoms with Gasteiger partial charge in [0.2, 0.25) is 0 Å². The smallest absolute Gasteiger partial charge is 0.163 e. The fourth-order valence-corrected chi connectivity index (χ4v) is 4.53. The lowest BCUT2D eigenvalue weighted by Gasteiger charge is -2.30. The van der Waals surface area contributed by atoms with E-state index in [1.165, 1.54) is 35.9 Å². The minimum absolute atomic E-state index is 0.474. The Morgan fingerprint density at radius 3 is 2.89 bits per heavy atom. The zero-order valence-electron chi connectivity index (χ0n) is 16.1. The highest BCUT2D eigenvalue weighted by molar-refractivity contribution is 5.90. The summed E-state index contributed by atoms with van der Waals surface area (Å²) < 4.78 is 7.81. The van der Waals surface area contributed by atoms with E-state index in [1.54, 1.807) is 6.26 Å². The lowest BCUT2D eigenvalue weighted by Crippen LogP contribution is -2.33. The fraction of sp³-hybridized carbons (Fsp3) is 0.364. The van der Waals surface area contributed by atoms with Crippen molar-refractivity contribution in [3.8, 4) is 11.3 Å². The fourth-order valence-electron chi connectivity index (χ4n) is 4.53. The largest absolute Gasteiger partial charge is 0.464 e. The van der Waals surface area contributed by atoms with Crippen molar-refractivity contribution in [2.45, 2.75) is 32.7 Å². The number of likely N-dealkylation sites (tertiary alicyclic amines) is 1. The van der Waals surface area contributed by atoms with Gasteiger partial charge in [0, 0.05) is 35.1 Å². The van der Waals surface area contributed by atoms with Crippen LogP contribution in [0.25, 0.3) is 33.3 Å². The van der Waals surface area contributed by atoms with E-state index in [9.17, 15) is 0 Å². The summed E-state index contributed by atoms with van der Waals surface area (Å²) >= 11 is 0. The molecule has 27 heavy (non-hydrogen) atoms. The number of rotatable bonds is 2. The summed E-state index contributed by atoms with van der Waals surface area (Å²) in [5.74, 6) is 0. The first-order chi connectivity index (χ1) is 13.1. The topological polar surface area (TPSA) is 47.1 Å². The number of piperidine rings is 1. The van der Waals surface area contributed by atoms with Gasteiger partial charge in [-0.15, -0.1) is 10.2 Å². The zero-order valence-corrected chi connectivity index (χ0v) is 16.1. The molecule has 1 aromatic carbocycles. The van der Waals surface area contributed by atoms with Crippen LogP contribution in [0.3, 0.4) is 0 Å². The van der Waals surface area contributed by atoms with Crippen molar-refractivity contribution in [3.05, 3.63) is 47.9 Å². The normalized spacial score (nSPS) is 18.6. The van der Waals surface area contributed by atoms with Gasteiger partial charge in [0.05, 0.1) is 12.0 Å². The standard InChI is InChI=1S/C22H24N4O/c1-14-12-26(18-5-4-9-25(3)13-18)22-20(14)15(2)21(23-24-22)17-6-7-19-16(11-17)8-10-27-19/h6-8,10-12,18H,4-5,9,13H2,1-3H3/t18-/m1/s1. The molecule has 0 bridgehead atoms. The van der Waals surface area contributed by atoms with Crippen LogP contribution < -0.4 is 0 Å². The maximum Gasteiger partial charge on any atom is 0.163 e. The van der Waals surface area contributed by atoms with Crippen molar-refractivity contribution in [1.29, 1.82) is 0 Å². The molecule has 0 spiro atoms. The van der Waals surface area contributed by atoms with E-state index in [-0.39, 0.29) is 0 Å². The Bertz CT molecular complexity index is 1140. The Kier molecular flexibility index (Phi) is 3.79. The van der Waals surface area contributed by atoms with Crippen molar-refractivity contribution in [2.75, 3.05) is 20.1 Å². The predicted molar refractivity (Wildman–Crippen MR) is 108 cm³/mol. The number of aryl methyl sites for hydroxylation is 2. The second-order valence-corrected chi connectivity index (χ2v) is 7.82. The second kappa shape index (κ2) is 6.20. The molecule has 0 saturated carbocycles. The number of hydrogen-bond donors (Lipinski definition) is 0. The molecule has 1 aliphatic heterocycles. The van der Waals surface area contributed by atoms with Gasteiger partial charge in [-0.3, -0.25) is 0 Å². The number of likely N-dealkylation sites (N-methyl/N-ethyl adjacent to an activating group) is 1. The predicted octanol–water partition coefficient (Wildman–Crippen LogP) is 4.73. The second-order valence-electron chi connectivity index (χ2n) is 7.82. The van der Waals surface area contributed by atoms with E-state index in [2.05, 4.69) is 58.9 Å². The lowest BCUT2D eigenvalue weighted by atomic mass is 10.0. The molecule has 4 heterocycles. The van der Waals surface area contributed by atoms with E-state index in [1.807, 2.05) is 12.1 Å². The summed E-state index contributed by atoms with van der Waals surface area (Å²) in [6.07, 6.45) is 6.42. The third-order valence-corrected chi connectivity index (χ3v) is 5.89. The molecule has 5 nitrogen and oxygen atoms in total. The maximum atomic E-state index is 5.46. The van der Waals surface area contributed by atoms with Crippen LogP contribution in [0.5, 0.6) is 0 Å². The Morgan fingerprint density at radius 1 is 1.15 bits per heavy atom. The number of nitrogens with zero attached hydrogens (tertiary/aromatic N) is 4. The minimum Gasteiger partial charge on any atom is -0.464 e. The van der Waals surface area contributed by atoms with Crippen LogP contribution in [0.15, 0.2) is 41.1 Å². The van der Waals surface area contributed by atoms with Crippen molar-refractivity contribution < 1.29 is 4.42 Å². The Hall–Kier alpha value is -2.66. The molecular formula is C22H24N4O. The molecule has 5 heteroatoms. The quantitative estimate of drug-likeness (QED) is 0.518. The van der Waals surface area contributed by atoms with E-state index >= 15 is 0 Å². The van der Waals surface area contributed by atoms with E-state index in [4.69, 9.17) is 4.42 Å². The molecule has 0 N–H and O–H groups in total. The van der Waals surface area contributed by atoms with Crippen molar-refractivity contribution in [2.24, 2.45) is 0 Å². The molecule has 1 fully saturated rings. The molecule has 138 valence electrons. The third kappa shape index (κ3) is 2.65. The highest BCUT2D eigenvalue weighted by Crippen LogP contribution is 2.33. The van der Waals surface area contributed by atoms with Gasteiger partial charge in [0.25, 0.3) is 0 Å². The highest BCUT2D eigenvalue weighted by atomic mass is 16.3. The molecule has 1 saturated heterocycles. The average Bonchev–Trinajstić information content (AvgIpc) is 3.26. The van der Waals surface area contributed by atoms with Crippen LogP contribution in [-0.2, 0) is 0 Å². The van der Waals surface area contributed by atoms with Gasteiger partial charge in [0.15, 0.2) is 5.65 Å². The molecule has 4 aromatic rings. The third-order valence-electron chi connectivity index (χ3n) is 5.89. The van der Waals surface area contributed by atoms with Crippen LogP contribution in [-0.4, -0.2) is 39.8 Å². The summed E-state index contributed by atoms with van der Waals surface area (Å²) in [5.41, 5.74) is 6.42. The van der Waals surface area contributed by atoms with Crippen molar-refractivity contribution in [3.63, 3.8) is 0 Å².